The molecule has 1 heterocycles. The van der Waals surface area contributed by atoms with Gasteiger partial charge in [0.2, 0.25) is 10.0 Å². The molecule has 2 aliphatic carbocycles. The average molecular weight is 284 g/mol. The van der Waals surface area contributed by atoms with Crippen molar-refractivity contribution in [2.24, 2.45) is 17.6 Å². The average Bonchev–Trinajstić information content (AvgIpc) is 3.02. The number of nitrogens with one attached hydrogen (secondary N) is 2. The van der Waals surface area contributed by atoms with Gasteiger partial charge in [-0.05, 0) is 38.0 Å². The lowest BCUT2D eigenvalue weighted by Crippen LogP contribution is -2.39. The van der Waals surface area contributed by atoms with Crippen LogP contribution in [-0.4, -0.2) is 24.7 Å². The van der Waals surface area contributed by atoms with E-state index in [0.717, 1.165) is 12.8 Å². The Balaban J connectivity index is 1.85. The highest BCUT2D eigenvalue weighted by Gasteiger charge is 2.41. The number of fused-ring (bicyclic) bond motifs is 2. The van der Waals surface area contributed by atoms with Crippen molar-refractivity contribution in [1.29, 1.82) is 0 Å². The zero-order valence-electron chi connectivity index (χ0n) is 11.0. The molecule has 0 amide bonds. The van der Waals surface area contributed by atoms with Crippen molar-refractivity contribution in [3.05, 3.63) is 11.4 Å². The normalized spacial score (nSPS) is 30.1. The quantitative estimate of drug-likeness (QED) is 0.755. The van der Waals surface area contributed by atoms with Crippen LogP contribution in [0.4, 0.5) is 0 Å². The van der Waals surface area contributed by atoms with E-state index in [1.54, 1.807) is 6.92 Å². The van der Waals surface area contributed by atoms with Crippen molar-refractivity contribution in [2.75, 3.05) is 0 Å². The molecule has 0 aromatic carbocycles. The van der Waals surface area contributed by atoms with Crippen LogP contribution in [0.2, 0.25) is 0 Å². The molecule has 2 aliphatic rings. The van der Waals surface area contributed by atoms with Gasteiger partial charge in [0.15, 0.2) is 0 Å². The van der Waals surface area contributed by atoms with Crippen LogP contribution < -0.4 is 10.5 Å². The van der Waals surface area contributed by atoms with E-state index in [1.165, 1.54) is 12.8 Å². The molecular formula is C12H20N4O2S. The zero-order chi connectivity index (χ0) is 13.6. The Morgan fingerprint density at radius 1 is 1.42 bits per heavy atom. The molecule has 1 aromatic rings. The molecule has 0 saturated heterocycles. The van der Waals surface area contributed by atoms with E-state index in [2.05, 4.69) is 14.9 Å². The van der Waals surface area contributed by atoms with Crippen molar-refractivity contribution in [2.45, 2.75) is 50.1 Å². The van der Waals surface area contributed by atoms with Crippen LogP contribution in [0.15, 0.2) is 4.90 Å². The number of nitrogens with zero attached hydrogens (tertiary/aromatic N) is 1. The molecule has 2 saturated carbocycles. The molecule has 0 radical (unpaired) electrons. The van der Waals surface area contributed by atoms with Gasteiger partial charge in [-0.2, -0.15) is 5.10 Å². The van der Waals surface area contributed by atoms with Gasteiger partial charge in [0.05, 0.1) is 11.4 Å². The maximum Gasteiger partial charge on any atom is 0.244 e. The first kappa shape index (κ1) is 13.1. The summed E-state index contributed by atoms with van der Waals surface area (Å²) in [6.07, 6.45) is 4.54. The highest BCUT2D eigenvalue weighted by Crippen LogP contribution is 2.44. The standard InChI is InChI=1S/C12H20N4O2S/c1-7-12(11(6-13)15-14-7)19(17,18)16-10-5-8-2-3-9(10)4-8/h8-10,16H,2-6,13H2,1H3,(H,14,15). The molecule has 2 bridgehead atoms. The second kappa shape index (κ2) is 4.57. The summed E-state index contributed by atoms with van der Waals surface area (Å²) in [6.45, 7) is 1.83. The van der Waals surface area contributed by atoms with Crippen molar-refractivity contribution >= 4 is 10.0 Å². The number of nitrogens with two attached hydrogens (primary N) is 1. The van der Waals surface area contributed by atoms with Crippen LogP contribution in [0.25, 0.3) is 0 Å². The summed E-state index contributed by atoms with van der Waals surface area (Å²) in [7, 11) is -3.52. The van der Waals surface area contributed by atoms with Gasteiger partial charge in [-0.3, -0.25) is 5.10 Å². The van der Waals surface area contributed by atoms with E-state index in [4.69, 9.17) is 5.73 Å². The van der Waals surface area contributed by atoms with Crippen molar-refractivity contribution in [3.63, 3.8) is 0 Å². The first-order valence-corrected chi connectivity index (χ1v) is 8.26. The highest BCUT2D eigenvalue weighted by molar-refractivity contribution is 7.89. The Hall–Kier alpha value is -0.920. The minimum absolute atomic E-state index is 0.0867. The van der Waals surface area contributed by atoms with Gasteiger partial charge >= 0.3 is 0 Å². The molecule has 106 valence electrons. The third-order valence-electron chi connectivity index (χ3n) is 4.47. The molecule has 0 aliphatic heterocycles. The lowest BCUT2D eigenvalue weighted by molar-refractivity contribution is 0.390. The number of aryl methyl sites for hydroxylation is 1. The molecule has 0 spiro atoms. The van der Waals surface area contributed by atoms with Gasteiger partial charge in [-0.25, -0.2) is 13.1 Å². The maximum atomic E-state index is 12.5. The Morgan fingerprint density at radius 3 is 2.79 bits per heavy atom. The first-order valence-electron chi connectivity index (χ1n) is 6.77. The van der Waals surface area contributed by atoms with Crippen molar-refractivity contribution in [3.8, 4) is 0 Å². The number of aromatic nitrogens is 2. The highest BCUT2D eigenvalue weighted by atomic mass is 32.2. The summed E-state index contributed by atoms with van der Waals surface area (Å²) in [4.78, 5) is 0.234. The van der Waals surface area contributed by atoms with Gasteiger partial charge in [0, 0.05) is 12.6 Å². The third kappa shape index (κ3) is 2.19. The smallest absolute Gasteiger partial charge is 0.244 e. The molecule has 7 heteroatoms. The minimum Gasteiger partial charge on any atom is -0.325 e. The van der Waals surface area contributed by atoms with Gasteiger partial charge in [0.25, 0.3) is 0 Å². The lowest BCUT2D eigenvalue weighted by Gasteiger charge is -2.22. The minimum atomic E-state index is -3.52. The molecule has 3 rings (SSSR count). The topological polar surface area (TPSA) is 101 Å². The summed E-state index contributed by atoms with van der Waals surface area (Å²) >= 11 is 0. The number of aromatic amines is 1. The number of sulfonamides is 1. The van der Waals surface area contributed by atoms with Gasteiger partial charge in [0.1, 0.15) is 4.90 Å². The maximum absolute atomic E-state index is 12.5. The van der Waals surface area contributed by atoms with E-state index in [0.29, 0.717) is 23.2 Å². The molecule has 3 unspecified atom stereocenters. The van der Waals surface area contributed by atoms with Crippen LogP contribution in [0.3, 0.4) is 0 Å². The summed E-state index contributed by atoms with van der Waals surface area (Å²) in [5.74, 6) is 1.21. The number of hydrogen-bond acceptors (Lipinski definition) is 4. The Morgan fingerprint density at radius 2 is 2.21 bits per heavy atom. The van der Waals surface area contributed by atoms with Gasteiger partial charge in [-0.15, -0.1) is 0 Å². The third-order valence-corrected chi connectivity index (χ3v) is 6.16. The summed E-state index contributed by atoms with van der Waals surface area (Å²) in [6, 6.07) is 0.0867. The number of rotatable bonds is 4. The molecule has 4 N–H and O–H groups in total. The fourth-order valence-electron chi connectivity index (χ4n) is 3.61. The Kier molecular flexibility index (Phi) is 3.15. The van der Waals surface area contributed by atoms with Crippen LogP contribution in [0, 0.1) is 18.8 Å². The monoisotopic (exact) mass is 284 g/mol. The zero-order valence-corrected chi connectivity index (χ0v) is 11.8. The van der Waals surface area contributed by atoms with E-state index >= 15 is 0 Å². The van der Waals surface area contributed by atoms with E-state index in [9.17, 15) is 8.42 Å². The fraction of sp³-hybridized carbons (Fsp3) is 0.750. The van der Waals surface area contributed by atoms with Crippen molar-refractivity contribution in [1.82, 2.24) is 14.9 Å². The van der Waals surface area contributed by atoms with Crippen LogP contribution in [0.5, 0.6) is 0 Å². The Bertz CT molecular complexity index is 581. The summed E-state index contributed by atoms with van der Waals surface area (Å²) < 4.78 is 27.9. The molecule has 6 nitrogen and oxygen atoms in total. The van der Waals surface area contributed by atoms with Crippen LogP contribution >= 0.6 is 0 Å². The van der Waals surface area contributed by atoms with Crippen LogP contribution in [0.1, 0.15) is 37.1 Å². The number of H-pyrrole nitrogens is 1. The SMILES string of the molecule is Cc1[nH]nc(CN)c1S(=O)(=O)NC1CC2CCC1C2. The second-order valence-electron chi connectivity index (χ2n) is 5.73. The fourth-order valence-corrected chi connectivity index (χ4v) is 5.30. The van der Waals surface area contributed by atoms with Crippen LogP contribution in [-0.2, 0) is 16.6 Å². The second-order valence-corrected chi connectivity index (χ2v) is 7.38. The van der Waals surface area contributed by atoms with E-state index < -0.39 is 10.0 Å². The molecular weight excluding hydrogens is 264 g/mol. The Labute approximate surface area is 113 Å². The molecule has 2 fully saturated rings. The first-order chi connectivity index (χ1) is 9.01. The van der Waals surface area contributed by atoms with Gasteiger partial charge < -0.3 is 5.73 Å². The molecule has 3 atom stereocenters. The van der Waals surface area contributed by atoms with E-state index in [-0.39, 0.29) is 17.5 Å². The predicted molar refractivity (Wildman–Crippen MR) is 70.8 cm³/mol. The predicted octanol–water partition coefficient (Wildman–Crippen LogP) is 0.644. The molecule has 19 heavy (non-hydrogen) atoms. The lowest BCUT2D eigenvalue weighted by atomic mass is 9.96. The van der Waals surface area contributed by atoms with Crippen molar-refractivity contribution < 1.29 is 8.42 Å². The van der Waals surface area contributed by atoms with E-state index in [1.807, 2.05) is 0 Å². The van der Waals surface area contributed by atoms with Gasteiger partial charge in [-0.1, -0.05) is 6.42 Å². The number of hydrogen-bond donors (Lipinski definition) is 3. The summed E-state index contributed by atoms with van der Waals surface area (Å²) in [5, 5.41) is 6.66. The largest absolute Gasteiger partial charge is 0.325 e. The molecule has 1 aromatic heterocycles. The summed E-state index contributed by atoms with van der Waals surface area (Å²) in [5.41, 5.74) is 6.52.